The zero-order valence-electron chi connectivity index (χ0n) is 8.91. The van der Waals surface area contributed by atoms with Gasteiger partial charge in [-0.3, -0.25) is 9.59 Å². The Morgan fingerprint density at radius 2 is 1.76 bits per heavy atom. The largest absolute Gasteiger partial charge is 0.454 e. The first-order valence-corrected chi connectivity index (χ1v) is 4.75. The summed E-state index contributed by atoms with van der Waals surface area (Å²) in [5.74, 6) is -3.70. The molecule has 1 aromatic carbocycles. The van der Waals surface area contributed by atoms with Crippen LogP contribution in [0.1, 0.15) is 28.8 Å². The number of amides is 1. The van der Waals surface area contributed by atoms with Gasteiger partial charge in [0.25, 0.3) is 5.78 Å². The third-order valence-electron chi connectivity index (χ3n) is 2.36. The minimum absolute atomic E-state index is 0.0117. The molecule has 3 nitrogen and oxygen atoms in total. The Morgan fingerprint density at radius 1 is 1.24 bits per heavy atom. The van der Waals surface area contributed by atoms with Gasteiger partial charge < -0.3 is 5.73 Å². The second-order valence-electron chi connectivity index (χ2n) is 3.54. The highest BCUT2D eigenvalue weighted by atomic mass is 19.4. The molecule has 0 saturated carbocycles. The van der Waals surface area contributed by atoms with Crippen LogP contribution in [0.3, 0.4) is 0 Å². The highest BCUT2D eigenvalue weighted by Gasteiger charge is 2.40. The van der Waals surface area contributed by atoms with E-state index < -0.39 is 29.3 Å². The fourth-order valence-corrected chi connectivity index (χ4v) is 1.39. The van der Waals surface area contributed by atoms with Crippen LogP contribution in [0, 0.1) is 0 Å². The lowest BCUT2D eigenvalue weighted by atomic mass is 9.93. The predicted molar refractivity (Wildman–Crippen MR) is 54.4 cm³/mol. The van der Waals surface area contributed by atoms with Gasteiger partial charge in [0, 0.05) is 5.56 Å². The topological polar surface area (TPSA) is 60.2 Å². The summed E-state index contributed by atoms with van der Waals surface area (Å²) in [7, 11) is 0. The number of ketones is 1. The van der Waals surface area contributed by atoms with Crippen LogP contribution >= 0.6 is 0 Å². The number of Topliss-reactive ketones (excluding diaryl/α,β-unsaturated/α-hetero) is 1. The van der Waals surface area contributed by atoms with Crippen LogP contribution in [-0.2, 0) is 4.79 Å². The fourth-order valence-electron chi connectivity index (χ4n) is 1.39. The average Bonchev–Trinajstić information content (AvgIpc) is 2.25. The zero-order chi connectivity index (χ0) is 13.2. The summed E-state index contributed by atoms with van der Waals surface area (Å²) in [4.78, 5) is 22.1. The van der Waals surface area contributed by atoms with Gasteiger partial charge in [-0.2, -0.15) is 13.2 Å². The third-order valence-corrected chi connectivity index (χ3v) is 2.36. The van der Waals surface area contributed by atoms with E-state index in [0.29, 0.717) is 0 Å². The summed E-state index contributed by atoms with van der Waals surface area (Å²) in [6, 6.07) is 5.07. The molecule has 0 saturated heterocycles. The van der Waals surface area contributed by atoms with E-state index in [0.717, 1.165) is 6.07 Å². The standard InChI is InChI=1S/C11H10F3NO2/c1-6(10(15)17)7-4-2-3-5-8(7)9(16)11(12,13)14/h2-6H,1H3,(H2,15,17). The van der Waals surface area contributed by atoms with E-state index in [1.807, 2.05) is 0 Å². The molecule has 0 aliphatic rings. The third kappa shape index (κ3) is 2.83. The molecular weight excluding hydrogens is 235 g/mol. The molecule has 0 aliphatic heterocycles. The molecule has 1 amide bonds. The number of primary amides is 1. The van der Waals surface area contributed by atoms with E-state index in [2.05, 4.69) is 0 Å². The molecule has 92 valence electrons. The first kappa shape index (κ1) is 13.2. The number of hydrogen-bond donors (Lipinski definition) is 1. The molecular formula is C11H10F3NO2. The Hall–Kier alpha value is -1.85. The van der Waals surface area contributed by atoms with Gasteiger partial charge >= 0.3 is 6.18 Å². The van der Waals surface area contributed by atoms with Crippen LogP contribution in [-0.4, -0.2) is 17.9 Å². The molecule has 0 fully saturated rings. The molecule has 0 aliphatic carbocycles. The van der Waals surface area contributed by atoms with E-state index in [-0.39, 0.29) is 5.56 Å². The molecule has 1 atom stereocenters. The maximum atomic E-state index is 12.3. The number of rotatable bonds is 3. The van der Waals surface area contributed by atoms with E-state index in [1.165, 1.54) is 25.1 Å². The van der Waals surface area contributed by atoms with Crippen molar-refractivity contribution in [2.75, 3.05) is 0 Å². The SMILES string of the molecule is CC(C(N)=O)c1ccccc1C(=O)C(F)(F)F. The van der Waals surface area contributed by atoms with E-state index in [1.54, 1.807) is 0 Å². The molecule has 0 aromatic heterocycles. The van der Waals surface area contributed by atoms with Gasteiger partial charge in [-0.25, -0.2) is 0 Å². The Labute approximate surface area is 95.4 Å². The molecule has 0 heterocycles. The Morgan fingerprint density at radius 3 is 2.24 bits per heavy atom. The average molecular weight is 245 g/mol. The van der Waals surface area contributed by atoms with E-state index in [4.69, 9.17) is 5.73 Å². The van der Waals surface area contributed by atoms with Gasteiger partial charge in [0.2, 0.25) is 5.91 Å². The monoisotopic (exact) mass is 245 g/mol. The highest BCUT2D eigenvalue weighted by molar-refractivity contribution is 6.02. The van der Waals surface area contributed by atoms with Gasteiger partial charge in [0.15, 0.2) is 0 Å². The summed E-state index contributed by atoms with van der Waals surface area (Å²) in [5.41, 5.74) is 4.47. The highest BCUT2D eigenvalue weighted by Crippen LogP contribution is 2.27. The smallest absolute Gasteiger partial charge is 0.369 e. The number of benzene rings is 1. The predicted octanol–water partition coefficient (Wildman–Crippen LogP) is 2.02. The molecule has 2 N–H and O–H groups in total. The minimum Gasteiger partial charge on any atom is -0.369 e. The van der Waals surface area contributed by atoms with Crippen molar-refractivity contribution in [1.29, 1.82) is 0 Å². The van der Waals surface area contributed by atoms with Gasteiger partial charge in [-0.15, -0.1) is 0 Å². The fraction of sp³-hybridized carbons (Fsp3) is 0.273. The molecule has 1 aromatic rings. The molecule has 17 heavy (non-hydrogen) atoms. The first-order valence-electron chi connectivity index (χ1n) is 4.75. The lowest BCUT2D eigenvalue weighted by Gasteiger charge is -2.13. The number of nitrogens with two attached hydrogens (primary N) is 1. The second kappa shape index (κ2) is 4.57. The quantitative estimate of drug-likeness (QED) is 0.828. The van der Waals surface area contributed by atoms with Crippen LogP contribution in [0.5, 0.6) is 0 Å². The van der Waals surface area contributed by atoms with Crippen LogP contribution in [0.15, 0.2) is 24.3 Å². The van der Waals surface area contributed by atoms with Crippen LogP contribution < -0.4 is 5.73 Å². The summed E-state index contributed by atoms with van der Waals surface area (Å²) in [6.45, 7) is 1.35. The van der Waals surface area contributed by atoms with Crippen molar-refractivity contribution in [2.24, 2.45) is 5.73 Å². The Kier molecular flexibility index (Phi) is 3.55. The number of halogens is 3. The molecule has 0 spiro atoms. The van der Waals surface area contributed by atoms with Gasteiger partial charge in [0.05, 0.1) is 5.92 Å². The molecule has 0 bridgehead atoms. The Balaban J connectivity index is 3.26. The van der Waals surface area contributed by atoms with Crippen LogP contribution in [0.25, 0.3) is 0 Å². The first-order chi connectivity index (χ1) is 7.75. The van der Waals surface area contributed by atoms with Crippen molar-refractivity contribution in [3.05, 3.63) is 35.4 Å². The van der Waals surface area contributed by atoms with Crippen molar-refractivity contribution < 1.29 is 22.8 Å². The second-order valence-corrected chi connectivity index (χ2v) is 3.54. The lowest BCUT2D eigenvalue weighted by Crippen LogP contribution is -2.26. The number of hydrogen-bond acceptors (Lipinski definition) is 2. The number of carbonyl (C=O) groups is 2. The minimum atomic E-state index is -4.96. The summed E-state index contributed by atoms with van der Waals surface area (Å²) in [5, 5.41) is 0. The molecule has 1 rings (SSSR count). The van der Waals surface area contributed by atoms with Crippen molar-refractivity contribution in [1.82, 2.24) is 0 Å². The van der Waals surface area contributed by atoms with Crippen molar-refractivity contribution in [3.8, 4) is 0 Å². The molecule has 6 heteroatoms. The molecule has 1 unspecified atom stereocenters. The van der Waals surface area contributed by atoms with E-state index in [9.17, 15) is 22.8 Å². The summed E-state index contributed by atoms with van der Waals surface area (Å²) in [6.07, 6.45) is -4.96. The van der Waals surface area contributed by atoms with Crippen LogP contribution in [0.4, 0.5) is 13.2 Å². The maximum absolute atomic E-state index is 12.3. The van der Waals surface area contributed by atoms with Crippen molar-refractivity contribution in [3.63, 3.8) is 0 Å². The van der Waals surface area contributed by atoms with Crippen LogP contribution in [0.2, 0.25) is 0 Å². The number of carbonyl (C=O) groups excluding carboxylic acids is 2. The normalized spacial score (nSPS) is 13.2. The zero-order valence-corrected chi connectivity index (χ0v) is 8.91. The Bertz CT molecular complexity index is 454. The van der Waals surface area contributed by atoms with Gasteiger partial charge in [0.1, 0.15) is 0 Å². The lowest BCUT2D eigenvalue weighted by molar-refractivity contribution is -0.119. The van der Waals surface area contributed by atoms with E-state index >= 15 is 0 Å². The van der Waals surface area contributed by atoms with Gasteiger partial charge in [-0.1, -0.05) is 24.3 Å². The molecule has 0 radical (unpaired) electrons. The van der Waals surface area contributed by atoms with Gasteiger partial charge in [-0.05, 0) is 12.5 Å². The van der Waals surface area contributed by atoms with Crippen molar-refractivity contribution in [2.45, 2.75) is 19.0 Å². The summed E-state index contributed by atoms with van der Waals surface area (Å²) < 4.78 is 36.9. The maximum Gasteiger partial charge on any atom is 0.454 e. The van der Waals surface area contributed by atoms with Crippen molar-refractivity contribution >= 4 is 11.7 Å². The summed E-state index contributed by atoms with van der Waals surface area (Å²) >= 11 is 0. The number of alkyl halides is 3.